The van der Waals surface area contributed by atoms with Crippen LogP contribution >= 0.6 is 0 Å². The third-order valence-corrected chi connectivity index (χ3v) is 16.9. The van der Waals surface area contributed by atoms with E-state index in [1.807, 2.05) is 0 Å². The quantitative estimate of drug-likeness (QED) is 0.146. The zero-order valence-corrected chi connectivity index (χ0v) is 34.2. The molecule has 0 aromatic heterocycles. The van der Waals surface area contributed by atoms with E-state index in [1.54, 1.807) is 11.1 Å². The highest BCUT2D eigenvalue weighted by molar-refractivity contribution is 6.14. The summed E-state index contributed by atoms with van der Waals surface area (Å²) in [6.45, 7) is 0. The van der Waals surface area contributed by atoms with Gasteiger partial charge in [-0.05, 0) is 203 Å². The van der Waals surface area contributed by atoms with Crippen LogP contribution in [-0.4, -0.2) is 0 Å². The zero-order chi connectivity index (χ0) is 38.6. The Hall–Kier alpha value is -5.14. The highest BCUT2D eigenvalue weighted by atomic mass is 15.1. The number of benzene rings is 7. The average Bonchev–Trinajstić information content (AvgIpc) is 3.27. The Bertz CT molecular complexity index is 2650. The minimum Gasteiger partial charge on any atom is -0.310 e. The molecular weight excluding hydrogens is 711 g/mol. The molecule has 0 N–H and O–H groups in total. The molecule has 0 radical (unpaired) electrons. The van der Waals surface area contributed by atoms with E-state index in [4.69, 9.17) is 0 Å². The second-order valence-electron chi connectivity index (χ2n) is 20.2. The van der Waals surface area contributed by atoms with E-state index in [9.17, 15) is 0 Å². The van der Waals surface area contributed by atoms with Crippen molar-refractivity contribution in [2.24, 2.45) is 47.3 Å². The van der Waals surface area contributed by atoms with Gasteiger partial charge in [0.15, 0.2) is 0 Å². The summed E-state index contributed by atoms with van der Waals surface area (Å²) < 4.78 is 0. The maximum atomic E-state index is 2.69. The summed E-state index contributed by atoms with van der Waals surface area (Å²) in [5, 5.41) is 5.20. The van der Waals surface area contributed by atoms with E-state index in [0.29, 0.717) is 5.92 Å². The Morgan fingerprint density at radius 1 is 0.356 bits per heavy atom. The lowest BCUT2D eigenvalue weighted by Crippen LogP contribution is -2.44. The molecular formula is C58H55N. The van der Waals surface area contributed by atoms with Crippen molar-refractivity contribution >= 4 is 38.6 Å². The maximum absolute atomic E-state index is 2.69. The van der Waals surface area contributed by atoms with Crippen LogP contribution in [0.15, 0.2) is 152 Å². The Labute approximate surface area is 350 Å². The van der Waals surface area contributed by atoms with Gasteiger partial charge in [-0.25, -0.2) is 0 Å². The van der Waals surface area contributed by atoms with Crippen LogP contribution in [0.5, 0.6) is 0 Å². The molecule has 7 aromatic carbocycles. The Morgan fingerprint density at radius 2 is 0.898 bits per heavy atom. The molecule has 8 aliphatic carbocycles. The van der Waals surface area contributed by atoms with Crippen molar-refractivity contribution in [3.05, 3.63) is 163 Å². The van der Waals surface area contributed by atoms with Gasteiger partial charge in [-0.3, -0.25) is 0 Å². The molecule has 8 fully saturated rings. The van der Waals surface area contributed by atoms with Crippen molar-refractivity contribution in [2.75, 3.05) is 4.90 Å². The normalized spacial score (nSPS) is 30.0. The molecule has 0 amide bonds. The number of rotatable bonds is 7. The number of fused-ring (bicyclic) bond motifs is 3. The average molecular weight is 766 g/mol. The van der Waals surface area contributed by atoms with Crippen LogP contribution in [0.2, 0.25) is 0 Å². The molecule has 0 spiro atoms. The van der Waals surface area contributed by atoms with Gasteiger partial charge in [0.2, 0.25) is 0 Å². The lowest BCUT2D eigenvalue weighted by Gasteiger charge is -2.55. The Kier molecular flexibility index (Phi) is 8.06. The largest absolute Gasteiger partial charge is 0.310 e. The van der Waals surface area contributed by atoms with Gasteiger partial charge in [0.1, 0.15) is 0 Å². The lowest BCUT2D eigenvalue weighted by atomic mass is 9.50. The summed E-state index contributed by atoms with van der Waals surface area (Å²) >= 11 is 0. The highest BCUT2D eigenvalue weighted by Crippen LogP contribution is 2.62. The highest BCUT2D eigenvalue weighted by Gasteiger charge is 2.50. The first-order valence-electron chi connectivity index (χ1n) is 23.3. The molecule has 8 saturated carbocycles. The first-order valence-corrected chi connectivity index (χ1v) is 23.3. The molecule has 8 aliphatic rings. The molecule has 0 aliphatic heterocycles. The minimum absolute atomic E-state index is 0.623. The second-order valence-corrected chi connectivity index (χ2v) is 20.2. The Balaban J connectivity index is 0.993. The summed E-state index contributed by atoms with van der Waals surface area (Å²) in [7, 11) is 0. The van der Waals surface area contributed by atoms with Gasteiger partial charge in [-0.15, -0.1) is 0 Å². The molecule has 0 atom stereocenters. The summed E-state index contributed by atoms with van der Waals surface area (Å²) in [5.74, 6) is 8.67. The van der Waals surface area contributed by atoms with Gasteiger partial charge >= 0.3 is 0 Å². The van der Waals surface area contributed by atoms with Crippen LogP contribution in [0.1, 0.15) is 87.2 Å². The molecule has 0 saturated heterocycles. The zero-order valence-electron chi connectivity index (χ0n) is 34.2. The number of nitrogens with zero attached hydrogens (tertiary/aromatic N) is 1. The fourth-order valence-corrected chi connectivity index (χ4v) is 15.1. The van der Waals surface area contributed by atoms with Crippen LogP contribution in [0, 0.1) is 47.3 Å². The van der Waals surface area contributed by atoms with Crippen LogP contribution < -0.4 is 4.90 Å². The molecule has 15 rings (SSSR count). The Morgan fingerprint density at radius 3 is 1.58 bits per heavy atom. The summed E-state index contributed by atoms with van der Waals surface area (Å²) in [4.78, 5) is 2.60. The first-order chi connectivity index (χ1) is 29.2. The number of anilines is 3. The van der Waals surface area contributed by atoms with Gasteiger partial charge in [-0.2, -0.15) is 0 Å². The topological polar surface area (TPSA) is 3.24 Å². The van der Waals surface area contributed by atoms with Crippen molar-refractivity contribution in [1.29, 1.82) is 0 Å². The van der Waals surface area contributed by atoms with Crippen LogP contribution in [0.25, 0.3) is 43.8 Å². The summed E-state index contributed by atoms with van der Waals surface area (Å²) in [6, 6.07) is 58.5. The van der Waals surface area contributed by atoms with Crippen molar-refractivity contribution in [3.8, 4) is 22.3 Å². The standard InChI is InChI=1S/C58H55N/c1-2-9-40(10-3-1)41-17-19-49(20-18-41)59(56-34-43-11-4-5-14-51(43)53-15-6-7-16-54(53)56)50-21-22-52(55(35-50)58-47-29-38-24-39(31-47)32-48(58)30-38)42-12-8-13-44(33-42)57-45-25-36-23-37(27-45)28-46(57)26-36/h1-22,33-39,45-48,57-58H,23-32H2. The third kappa shape index (κ3) is 5.78. The molecule has 0 heterocycles. The third-order valence-electron chi connectivity index (χ3n) is 16.9. The van der Waals surface area contributed by atoms with Crippen LogP contribution in [-0.2, 0) is 0 Å². The molecule has 7 aromatic rings. The minimum atomic E-state index is 0.623. The van der Waals surface area contributed by atoms with E-state index in [2.05, 4.69) is 157 Å². The molecule has 0 unspecified atom stereocenters. The molecule has 1 nitrogen and oxygen atoms in total. The van der Waals surface area contributed by atoms with Gasteiger partial charge in [0.05, 0.1) is 5.69 Å². The number of hydrogen-bond acceptors (Lipinski definition) is 1. The molecule has 1 heteroatoms. The SMILES string of the molecule is c1ccc(-c2ccc(N(c3ccc(-c4cccc(C5C6CC7CC(C6)CC5C7)c4)c(C4C5CC6CC(C5)CC4C6)c3)c3cc4ccccc4c4ccccc34)cc2)cc1. The molecule has 8 bridgehead atoms. The van der Waals surface area contributed by atoms with E-state index in [-0.39, 0.29) is 0 Å². The van der Waals surface area contributed by atoms with Gasteiger partial charge < -0.3 is 4.90 Å². The van der Waals surface area contributed by atoms with E-state index in [0.717, 1.165) is 53.3 Å². The van der Waals surface area contributed by atoms with Crippen molar-refractivity contribution < 1.29 is 0 Å². The second kappa shape index (κ2) is 13.7. The fraction of sp³-hybridized carbons (Fsp3) is 0.345. The fourth-order valence-electron chi connectivity index (χ4n) is 15.1. The van der Waals surface area contributed by atoms with E-state index in [1.165, 1.54) is 125 Å². The van der Waals surface area contributed by atoms with E-state index < -0.39 is 0 Å². The van der Waals surface area contributed by atoms with Crippen molar-refractivity contribution in [1.82, 2.24) is 0 Å². The van der Waals surface area contributed by atoms with E-state index >= 15 is 0 Å². The summed E-state index contributed by atoms with van der Waals surface area (Å²) in [5.41, 5.74) is 12.5. The molecule has 59 heavy (non-hydrogen) atoms. The van der Waals surface area contributed by atoms with Crippen LogP contribution in [0.3, 0.4) is 0 Å². The van der Waals surface area contributed by atoms with Crippen molar-refractivity contribution in [2.45, 2.75) is 76.0 Å². The summed E-state index contributed by atoms with van der Waals surface area (Å²) in [6.07, 6.45) is 14.6. The van der Waals surface area contributed by atoms with Crippen molar-refractivity contribution in [3.63, 3.8) is 0 Å². The predicted molar refractivity (Wildman–Crippen MR) is 247 cm³/mol. The lowest BCUT2D eigenvalue weighted by molar-refractivity contribution is -0.00280. The predicted octanol–water partition coefficient (Wildman–Crippen LogP) is 15.9. The molecule has 292 valence electrons. The smallest absolute Gasteiger partial charge is 0.0546 e. The van der Waals surface area contributed by atoms with Gasteiger partial charge in [0.25, 0.3) is 0 Å². The van der Waals surface area contributed by atoms with Gasteiger partial charge in [0, 0.05) is 16.8 Å². The first kappa shape index (κ1) is 34.7. The monoisotopic (exact) mass is 765 g/mol. The van der Waals surface area contributed by atoms with Gasteiger partial charge in [-0.1, -0.05) is 121 Å². The van der Waals surface area contributed by atoms with Crippen LogP contribution in [0.4, 0.5) is 17.1 Å². The maximum Gasteiger partial charge on any atom is 0.0546 e. The number of hydrogen-bond donors (Lipinski definition) is 0.